The Morgan fingerprint density at radius 2 is 2.00 bits per heavy atom. The molecule has 1 aromatic carbocycles. The number of hydrogen-bond acceptors (Lipinski definition) is 4. The molecule has 1 saturated carbocycles. The summed E-state index contributed by atoms with van der Waals surface area (Å²) in [5.41, 5.74) is 0.761. The third kappa shape index (κ3) is 2.83. The highest BCUT2D eigenvalue weighted by molar-refractivity contribution is 5.89. The molecular weight excluding hydrogens is 269 g/mol. The fraction of sp³-hybridized carbons (Fsp3) is 0.500. The Morgan fingerprint density at radius 3 is 2.71 bits per heavy atom. The lowest BCUT2D eigenvalue weighted by Gasteiger charge is -2.35. The van der Waals surface area contributed by atoms with E-state index in [1.54, 1.807) is 6.07 Å². The number of rotatable bonds is 3. The van der Waals surface area contributed by atoms with Crippen LogP contribution in [0.5, 0.6) is 0 Å². The Hall–Kier alpha value is -1.75. The minimum atomic E-state index is -0.268. The average Bonchev–Trinajstić information content (AvgIpc) is 2.53. The van der Waals surface area contributed by atoms with Gasteiger partial charge >= 0.3 is 0 Å². The van der Waals surface area contributed by atoms with Crippen molar-refractivity contribution in [1.29, 1.82) is 0 Å². The summed E-state index contributed by atoms with van der Waals surface area (Å²) in [4.78, 5) is 10.7. The van der Waals surface area contributed by atoms with Gasteiger partial charge in [0.05, 0.1) is 5.52 Å². The molecule has 0 aliphatic heterocycles. The van der Waals surface area contributed by atoms with Crippen molar-refractivity contribution in [3.8, 4) is 0 Å². The van der Waals surface area contributed by atoms with Gasteiger partial charge in [0.25, 0.3) is 0 Å². The normalized spacial score (nSPS) is 22.4. The quantitative estimate of drug-likeness (QED) is 0.944. The summed E-state index contributed by atoms with van der Waals surface area (Å²) in [6, 6.07) is 4.99. The van der Waals surface area contributed by atoms with Crippen LogP contribution in [-0.4, -0.2) is 34.8 Å². The maximum atomic E-state index is 13.5. The van der Waals surface area contributed by atoms with Crippen LogP contribution in [0.3, 0.4) is 0 Å². The maximum Gasteiger partial charge on any atom is 0.139 e. The van der Waals surface area contributed by atoms with Gasteiger partial charge in [-0.25, -0.2) is 14.4 Å². The molecule has 0 amide bonds. The third-order valence-corrected chi connectivity index (χ3v) is 4.53. The number of halogens is 1. The van der Waals surface area contributed by atoms with Gasteiger partial charge in [0.2, 0.25) is 0 Å². The Bertz CT molecular complexity index is 626. The number of anilines is 1. The predicted molar refractivity (Wildman–Crippen MR) is 80.7 cm³/mol. The van der Waals surface area contributed by atoms with Crippen LogP contribution < -0.4 is 4.90 Å². The van der Waals surface area contributed by atoms with Crippen LogP contribution in [0, 0.1) is 11.7 Å². The van der Waals surface area contributed by atoms with Crippen LogP contribution in [0.2, 0.25) is 0 Å². The van der Waals surface area contributed by atoms with E-state index in [0.717, 1.165) is 42.4 Å². The molecule has 1 heterocycles. The Labute approximate surface area is 123 Å². The molecule has 1 aliphatic rings. The van der Waals surface area contributed by atoms with Gasteiger partial charge in [-0.15, -0.1) is 0 Å². The van der Waals surface area contributed by atoms with E-state index >= 15 is 0 Å². The standard InChI is InChI=1S/C16H20FN3O/c1-20(13-5-2-11(9-21)3-6-13)16-14-8-12(17)4-7-15(14)18-10-19-16/h4,7-8,10-11,13,21H,2-3,5-6,9H2,1H3. The second-order valence-electron chi connectivity index (χ2n) is 5.83. The molecule has 0 unspecified atom stereocenters. The number of aliphatic hydroxyl groups is 1. The lowest BCUT2D eigenvalue weighted by molar-refractivity contribution is 0.182. The number of hydrogen-bond donors (Lipinski definition) is 1. The first kappa shape index (κ1) is 14.2. The molecule has 0 bridgehead atoms. The molecule has 0 spiro atoms. The van der Waals surface area contributed by atoms with Crippen LogP contribution in [0.15, 0.2) is 24.5 Å². The monoisotopic (exact) mass is 289 g/mol. The zero-order valence-electron chi connectivity index (χ0n) is 12.2. The summed E-state index contributed by atoms with van der Waals surface area (Å²) in [6.45, 7) is 0.276. The van der Waals surface area contributed by atoms with Gasteiger partial charge in [0.1, 0.15) is 18.0 Å². The molecule has 1 aliphatic carbocycles. The molecule has 0 saturated heterocycles. The molecule has 21 heavy (non-hydrogen) atoms. The molecule has 4 nitrogen and oxygen atoms in total. The molecule has 0 radical (unpaired) electrons. The van der Waals surface area contributed by atoms with E-state index < -0.39 is 0 Å². The first-order valence-electron chi connectivity index (χ1n) is 7.43. The van der Waals surface area contributed by atoms with Gasteiger partial charge in [-0.05, 0) is 49.8 Å². The van der Waals surface area contributed by atoms with Crippen molar-refractivity contribution >= 4 is 16.7 Å². The van der Waals surface area contributed by atoms with Crippen molar-refractivity contribution in [3.05, 3.63) is 30.3 Å². The van der Waals surface area contributed by atoms with Gasteiger partial charge in [0, 0.05) is 25.1 Å². The summed E-state index contributed by atoms with van der Waals surface area (Å²) in [5.74, 6) is 0.942. The molecule has 112 valence electrons. The molecular formula is C16H20FN3O. The van der Waals surface area contributed by atoms with Crippen molar-refractivity contribution in [2.45, 2.75) is 31.7 Å². The number of fused-ring (bicyclic) bond motifs is 1. The molecule has 0 atom stereocenters. The number of benzene rings is 1. The van der Waals surface area contributed by atoms with Crippen LogP contribution in [0.25, 0.3) is 10.9 Å². The Kier molecular flexibility index (Phi) is 4.01. The maximum absolute atomic E-state index is 13.5. The first-order chi connectivity index (χ1) is 10.2. The molecule has 3 rings (SSSR count). The van der Waals surface area contributed by atoms with Gasteiger partial charge in [-0.3, -0.25) is 0 Å². The van der Waals surface area contributed by atoms with E-state index in [-0.39, 0.29) is 12.4 Å². The molecule has 1 aromatic heterocycles. The Morgan fingerprint density at radius 1 is 1.24 bits per heavy atom. The van der Waals surface area contributed by atoms with Crippen molar-refractivity contribution in [3.63, 3.8) is 0 Å². The van der Waals surface area contributed by atoms with E-state index in [9.17, 15) is 9.50 Å². The van der Waals surface area contributed by atoms with Gasteiger partial charge in [-0.2, -0.15) is 0 Å². The largest absolute Gasteiger partial charge is 0.396 e. The van der Waals surface area contributed by atoms with Crippen LogP contribution in [0.1, 0.15) is 25.7 Å². The van der Waals surface area contributed by atoms with E-state index in [4.69, 9.17) is 0 Å². The Balaban J connectivity index is 1.88. The second-order valence-corrected chi connectivity index (χ2v) is 5.83. The van der Waals surface area contributed by atoms with Gasteiger partial charge < -0.3 is 10.0 Å². The van der Waals surface area contributed by atoms with Gasteiger partial charge in [0.15, 0.2) is 0 Å². The highest BCUT2D eigenvalue weighted by atomic mass is 19.1. The van der Waals surface area contributed by atoms with Crippen LogP contribution >= 0.6 is 0 Å². The topological polar surface area (TPSA) is 49.2 Å². The summed E-state index contributed by atoms with van der Waals surface area (Å²) >= 11 is 0. The SMILES string of the molecule is CN(c1ncnc2ccc(F)cc12)C1CCC(CO)CC1. The van der Waals surface area contributed by atoms with Crippen molar-refractivity contribution < 1.29 is 9.50 Å². The summed E-state index contributed by atoms with van der Waals surface area (Å²) < 4.78 is 13.5. The lowest BCUT2D eigenvalue weighted by atomic mass is 9.86. The van der Waals surface area contributed by atoms with Gasteiger partial charge in [-0.1, -0.05) is 0 Å². The lowest BCUT2D eigenvalue weighted by Crippen LogP contribution is -2.36. The highest BCUT2D eigenvalue weighted by Crippen LogP contribution is 2.31. The average molecular weight is 289 g/mol. The van der Waals surface area contributed by atoms with E-state index in [1.165, 1.54) is 18.5 Å². The fourth-order valence-corrected chi connectivity index (χ4v) is 3.18. The first-order valence-corrected chi connectivity index (χ1v) is 7.43. The van der Waals surface area contributed by atoms with E-state index in [2.05, 4.69) is 14.9 Å². The van der Waals surface area contributed by atoms with Crippen molar-refractivity contribution in [1.82, 2.24) is 9.97 Å². The number of aromatic nitrogens is 2. The third-order valence-electron chi connectivity index (χ3n) is 4.53. The zero-order valence-corrected chi connectivity index (χ0v) is 12.2. The summed E-state index contributed by atoms with van der Waals surface area (Å²) in [7, 11) is 2.01. The zero-order chi connectivity index (χ0) is 14.8. The van der Waals surface area contributed by atoms with E-state index in [0.29, 0.717) is 12.0 Å². The molecule has 2 aromatic rings. The second kappa shape index (κ2) is 5.93. The fourth-order valence-electron chi connectivity index (χ4n) is 3.18. The minimum absolute atomic E-state index is 0.268. The van der Waals surface area contributed by atoms with Crippen molar-refractivity contribution in [2.24, 2.45) is 5.92 Å². The number of nitrogens with zero attached hydrogens (tertiary/aromatic N) is 3. The smallest absolute Gasteiger partial charge is 0.139 e. The molecule has 5 heteroatoms. The molecule has 1 fully saturated rings. The summed E-state index contributed by atoms with van der Waals surface area (Å²) in [6.07, 6.45) is 5.66. The van der Waals surface area contributed by atoms with Crippen LogP contribution in [0.4, 0.5) is 10.2 Å². The van der Waals surface area contributed by atoms with Crippen molar-refractivity contribution in [2.75, 3.05) is 18.6 Å². The number of aliphatic hydroxyl groups excluding tert-OH is 1. The predicted octanol–water partition coefficient (Wildman–Crippen LogP) is 2.76. The minimum Gasteiger partial charge on any atom is -0.396 e. The van der Waals surface area contributed by atoms with E-state index in [1.807, 2.05) is 7.05 Å². The highest BCUT2D eigenvalue weighted by Gasteiger charge is 2.25. The molecule has 1 N–H and O–H groups in total. The summed E-state index contributed by atoms with van der Waals surface area (Å²) in [5, 5.41) is 9.98. The van der Waals surface area contributed by atoms with Crippen LogP contribution in [-0.2, 0) is 0 Å².